The van der Waals surface area contributed by atoms with Gasteiger partial charge in [-0.3, -0.25) is 9.36 Å². The zero-order chi connectivity index (χ0) is 22.7. The van der Waals surface area contributed by atoms with E-state index in [1.54, 1.807) is 12.1 Å². The number of ether oxygens (including phenoxy) is 3. The van der Waals surface area contributed by atoms with Crippen molar-refractivity contribution in [3.8, 4) is 16.9 Å². The molecule has 0 bridgehead atoms. The number of nitrogens with zero attached hydrogens (tertiary/aromatic N) is 2. The van der Waals surface area contributed by atoms with Crippen molar-refractivity contribution in [2.45, 2.75) is 25.0 Å². The number of hydrogen-bond acceptors (Lipinski definition) is 7. The Balaban J connectivity index is 1.77. The summed E-state index contributed by atoms with van der Waals surface area (Å²) < 4.78 is 17.6. The molecule has 2 aromatic rings. The van der Waals surface area contributed by atoms with Crippen LogP contribution in [0.25, 0.3) is 11.1 Å². The normalized spacial score (nSPS) is 19.2. The highest BCUT2D eigenvalue weighted by Crippen LogP contribution is 2.35. The maximum atomic E-state index is 13.1. The second-order valence-electron chi connectivity index (χ2n) is 7.47. The van der Waals surface area contributed by atoms with Crippen molar-refractivity contribution in [1.29, 1.82) is 0 Å². The van der Waals surface area contributed by atoms with Crippen LogP contribution in [0.5, 0.6) is 5.75 Å². The van der Waals surface area contributed by atoms with Gasteiger partial charge in [0.25, 0.3) is 5.56 Å². The van der Waals surface area contributed by atoms with Gasteiger partial charge in [0.15, 0.2) is 0 Å². The van der Waals surface area contributed by atoms with E-state index in [0.29, 0.717) is 48.1 Å². The number of aromatic nitrogens is 1. The van der Waals surface area contributed by atoms with Gasteiger partial charge in [-0.15, -0.1) is 0 Å². The average molecular weight is 463 g/mol. The lowest BCUT2D eigenvalue weighted by atomic mass is 9.95. The van der Waals surface area contributed by atoms with E-state index in [-0.39, 0.29) is 13.0 Å². The summed E-state index contributed by atoms with van der Waals surface area (Å²) in [7, 11) is 1.46. The summed E-state index contributed by atoms with van der Waals surface area (Å²) in [5.74, 6) is -0.809. The molecule has 1 aromatic carbocycles. The van der Waals surface area contributed by atoms with Crippen molar-refractivity contribution in [1.82, 2.24) is 4.57 Å². The monoisotopic (exact) mass is 462 g/mol. The molecular formula is C22H23ClN2O7. The van der Waals surface area contributed by atoms with E-state index in [1.807, 2.05) is 6.07 Å². The number of carbonyl (C=O) groups is 1. The van der Waals surface area contributed by atoms with Gasteiger partial charge in [0.1, 0.15) is 18.4 Å². The highest BCUT2D eigenvalue weighted by molar-refractivity contribution is 6.31. The molecule has 10 heteroatoms. The van der Waals surface area contributed by atoms with Crippen LogP contribution >= 0.6 is 11.6 Å². The zero-order valence-corrected chi connectivity index (χ0v) is 18.2. The number of methoxy groups -OCH3 is 1. The molecule has 0 radical (unpaired) electrons. The molecule has 4 rings (SSSR count). The molecule has 1 fully saturated rings. The molecule has 2 atom stereocenters. The van der Waals surface area contributed by atoms with E-state index in [0.717, 1.165) is 15.8 Å². The number of halogens is 1. The summed E-state index contributed by atoms with van der Waals surface area (Å²) >= 11 is 6.24. The molecule has 0 amide bonds. The van der Waals surface area contributed by atoms with E-state index in [2.05, 4.69) is 5.16 Å². The summed E-state index contributed by atoms with van der Waals surface area (Å²) in [6, 6.07) is 5.50. The summed E-state index contributed by atoms with van der Waals surface area (Å²) in [5.41, 5.74) is 2.16. The molecule has 0 spiro atoms. The number of hydrogen-bond donors (Lipinski definition) is 1. The first-order valence-corrected chi connectivity index (χ1v) is 10.6. The fourth-order valence-corrected chi connectivity index (χ4v) is 4.06. The van der Waals surface area contributed by atoms with Gasteiger partial charge in [0.05, 0.1) is 44.9 Å². The van der Waals surface area contributed by atoms with Crippen LogP contribution in [0.4, 0.5) is 0 Å². The van der Waals surface area contributed by atoms with Crippen molar-refractivity contribution in [3.05, 3.63) is 51.4 Å². The highest BCUT2D eigenvalue weighted by atomic mass is 35.5. The molecule has 0 saturated carbocycles. The Morgan fingerprint density at radius 3 is 2.78 bits per heavy atom. The smallest absolute Gasteiger partial charge is 0.326 e. The Bertz CT molecular complexity index is 1090. The summed E-state index contributed by atoms with van der Waals surface area (Å²) in [4.78, 5) is 30.2. The predicted molar refractivity (Wildman–Crippen MR) is 117 cm³/mol. The topological polar surface area (TPSA) is 109 Å². The molecular weight excluding hydrogens is 440 g/mol. The Hall–Kier alpha value is -2.88. The maximum absolute atomic E-state index is 13.1. The van der Waals surface area contributed by atoms with Gasteiger partial charge in [0.2, 0.25) is 0 Å². The molecule has 1 saturated heterocycles. The van der Waals surface area contributed by atoms with Crippen LogP contribution in [0.2, 0.25) is 5.02 Å². The third-order valence-corrected chi connectivity index (χ3v) is 5.68. The van der Waals surface area contributed by atoms with E-state index in [1.165, 1.54) is 19.4 Å². The van der Waals surface area contributed by atoms with Gasteiger partial charge in [0, 0.05) is 35.1 Å². The van der Waals surface area contributed by atoms with Crippen LogP contribution in [0.3, 0.4) is 0 Å². The van der Waals surface area contributed by atoms with Crippen LogP contribution in [-0.2, 0) is 19.1 Å². The second kappa shape index (κ2) is 9.72. The fourth-order valence-electron chi connectivity index (χ4n) is 3.89. The highest BCUT2D eigenvalue weighted by Gasteiger charge is 2.29. The third kappa shape index (κ3) is 4.64. The van der Waals surface area contributed by atoms with Gasteiger partial charge in [-0.05, 0) is 17.7 Å². The van der Waals surface area contributed by atoms with Crippen molar-refractivity contribution in [3.63, 3.8) is 0 Å². The number of oxime groups is 1. The first-order chi connectivity index (χ1) is 15.5. The predicted octanol–water partition coefficient (Wildman–Crippen LogP) is 2.73. The van der Waals surface area contributed by atoms with Gasteiger partial charge in [-0.2, -0.15) is 0 Å². The lowest BCUT2D eigenvalue weighted by Gasteiger charge is -2.26. The SMILES string of the molecule is COc1cn(C(CC2COCCO2)C(=O)O)c(=O)cc1-c1cc(Cl)ccc1C1=NOCC1. The molecule has 2 aliphatic heterocycles. The Kier molecular flexibility index (Phi) is 6.78. The molecule has 1 aromatic heterocycles. The minimum atomic E-state index is -1.14. The van der Waals surface area contributed by atoms with Crippen molar-refractivity contribution >= 4 is 23.3 Å². The molecule has 3 heterocycles. The molecule has 2 aliphatic rings. The summed E-state index contributed by atoms with van der Waals surface area (Å²) in [6.45, 7) is 1.61. The number of pyridine rings is 1. The first kappa shape index (κ1) is 22.3. The molecule has 170 valence electrons. The average Bonchev–Trinajstić information content (AvgIpc) is 3.33. The van der Waals surface area contributed by atoms with Crippen molar-refractivity contribution < 1.29 is 28.9 Å². The molecule has 2 unspecified atom stereocenters. The van der Waals surface area contributed by atoms with E-state index >= 15 is 0 Å². The summed E-state index contributed by atoms with van der Waals surface area (Å²) in [5, 5.41) is 14.4. The van der Waals surface area contributed by atoms with E-state index < -0.39 is 23.7 Å². The van der Waals surface area contributed by atoms with E-state index in [9.17, 15) is 14.7 Å². The Labute approximate surface area is 189 Å². The number of carboxylic acids is 1. The van der Waals surface area contributed by atoms with E-state index in [4.69, 9.17) is 30.6 Å². The molecule has 1 N–H and O–H groups in total. The number of carboxylic acid groups (broad SMARTS) is 1. The second-order valence-corrected chi connectivity index (χ2v) is 7.91. The number of aliphatic carboxylic acids is 1. The van der Waals surface area contributed by atoms with Gasteiger partial charge in [-0.1, -0.05) is 22.8 Å². The number of rotatable bonds is 7. The van der Waals surface area contributed by atoms with Crippen LogP contribution < -0.4 is 10.3 Å². The summed E-state index contributed by atoms with van der Waals surface area (Å²) in [6.07, 6.45) is 1.72. The molecule has 9 nitrogen and oxygen atoms in total. The van der Waals surface area contributed by atoms with Gasteiger partial charge >= 0.3 is 5.97 Å². The minimum Gasteiger partial charge on any atom is -0.495 e. The van der Waals surface area contributed by atoms with Crippen LogP contribution in [0.15, 0.2) is 40.4 Å². The molecule has 32 heavy (non-hydrogen) atoms. The zero-order valence-electron chi connectivity index (χ0n) is 17.5. The largest absolute Gasteiger partial charge is 0.495 e. The third-order valence-electron chi connectivity index (χ3n) is 5.44. The van der Waals surface area contributed by atoms with Crippen molar-refractivity contribution in [2.24, 2.45) is 5.16 Å². The lowest BCUT2D eigenvalue weighted by molar-refractivity contribution is -0.145. The Morgan fingerprint density at radius 1 is 1.28 bits per heavy atom. The minimum absolute atomic E-state index is 0.0916. The van der Waals surface area contributed by atoms with Crippen LogP contribution in [0.1, 0.15) is 24.4 Å². The number of benzene rings is 1. The molecule has 0 aliphatic carbocycles. The lowest BCUT2D eigenvalue weighted by Crippen LogP contribution is -2.36. The fraction of sp³-hybridized carbons (Fsp3) is 0.409. The van der Waals surface area contributed by atoms with Crippen LogP contribution in [-0.4, -0.2) is 61.0 Å². The van der Waals surface area contributed by atoms with Crippen LogP contribution in [0, 0.1) is 0 Å². The quantitative estimate of drug-likeness (QED) is 0.673. The van der Waals surface area contributed by atoms with Crippen molar-refractivity contribution in [2.75, 3.05) is 33.5 Å². The standard InChI is InChI=1S/C22H23ClN2O7/c1-29-20-11-25(19(22(27)28)9-14-12-30-6-7-31-14)21(26)10-17(20)16-8-13(23)2-3-15(16)18-4-5-32-24-18/h2-3,8,10-11,14,19H,4-7,9,12H2,1H3,(H,27,28). The Morgan fingerprint density at radius 2 is 2.12 bits per heavy atom. The maximum Gasteiger partial charge on any atom is 0.326 e. The van der Waals surface area contributed by atoms with Gasteiger partial charge < -0.3 is 24.2 Å². The van der Waals surface area contributed by atoms with Gasteiger partial charge in [-0.25, -0.2) is 4.79 Å². The first-order valence-electron chi connectivity index (χ1n) is 10.2.